The van der Waals surface area contributed by atoms with Crippen molar-refractivity contribution in [1.82, 2.24) is 19.8 Å². The zero-order chi connectivity index (χ0) is 19.3. The van der Waals surface area contributed by atoms with Gasteiger partial charge in [0.2, 0.25) is 10.0 Å². The number of hydrogen-bond donors (Lipinski definition) is 2. The van der Waals surface area contributed by atoms with Crippen LogP contribution in [0, 0.1) is 0 Å². The first kappa shape index (κ1) is 20.3. The number of nitrogens with one attached hydrogen (secondary N) is 2. The SMILES string of the molecule is CN1CCN(CCCCNC(=O)c2ccc(S(=O)(=O)NC3CC3)cc2)CC1. The highest BCUT2D eigenvalue weighted by atomic mass is 32.2. The number of likely N-dealkylation sites (N-methyl/N-ethyl adjacent to an activating group) is 1. The summed E-state index contributed by atoms with van der Waals surface area (Å²) in [7, 11) is -1.32. The Bertz CT molecular complexity index is 724. The Morgan fingerprint density at radius 1 is 1.07 bits per heavy atom. The summed E-state index contributed by atoms with van der Waals surface area (Å²) in [6, 6.07) is 6.20. The molecule has 0 aromatic heterocycles. The number of piperazine rings is 1. The summed E-state index contributed by atoms with van der Waals surface area (Å²) in [6.07, 6.45) is 3.80. The van der Waals surface area contributed by atoms with E-state index in [0.717, 1.165) is 58.4 Å². The third kappa shape index (κ3) is 6.27. The summed E-state index contributed by atoms with van der Waals surface area (Å²) in [5.74, 6) is -0.159. The molecule has 1 amide bonds. The molecule has 0 atom stereocenters. The second-order valence-electron chi connectivity index (χ2n) is 7.53. The lowest BCUT2D eigenvalue weighted by Gasteiger charge is -2.32. The molecule has 2 N–H and O–H groups in total. The van der Waals surface area contributed by atoms with Gasteiger partial charge >= 0.3 is 0 Å². The Labute approximate surface area is 162 Å². The van der Waals surface area contributed by atoms with Crippen LogP contribution < -0.4 is 10.0 Å². The number of amides is 1. The minimum Gasteiger partial charge on any atom is -0.352 e. The van der Waals surface area contributed by atoms with Crippen molar-refractivity contribution >= 4 is 15.9 Å². The molecule has 7 nitrogen and oxygen atoms in total. The van der Waals surface area contributed by atoms with Gasteiger partial charge in [0.05, 0.1) is 4.90 Å². The molecule has 2 aliphatic rings. The van der Waals surface area contributed by atoms with Crippen molar-refractivity contribution in [2.24, 2.45) is 0 Å². The number of sulfonamides is 1. The van der Waals surface area contributed by atoms with Crippen molar-refractivity contribution in [2.45, 2.75) is 36.6 Å². The highest BCUT2D eigenvalue weighted by molar-refractivity contribution is 7.89. The van der Waals surface area contributed by atoms with E-state index in [1.165, 1.54) is 12.1 Å². The van der Waals surface area contributed by atoms with E-state index in [9.17, 15) is 13.2 Å². The maximum atomic E-state index is 12.2. The van der Waals surface area contributed by atoms with E-state index < -0.39 is 10.0 Å². The second-order valence-corrected chi connectivity index (χ2v) is 9.24. The monoisotopic (exact) mass is 394 g/mol. The Kier molecular flexibility index (Phi) is 6.86. The number of carbonyl (C=O) groups is 1. The van der Waals surface area contributed by atoms with Gasteiger partial charge < -0.3 is 15.1 Å². The number of nitrogens with zero attached hydrogens (tertiary/aromatic N) is 2. The number of carbonyl (C=O) groups excluding carboxylic acids is 1. The summed E-state index contributed by atoms with van der Waals surface area (Å²) in [6.45, 7) is 6.19. The van der Waals surface area contributed by atoms with Crippen LogP contribution in [0.3, 0.4) is 0 Å². The Morgan fingerprint density at radius 2 is 1.74 bits per heavy atom. The van der Waals surface area contributed by atoms with Crippen LogP contribution in [-0.2, 0) is 10.0 Å². The molecular weight excluding hydrogens is 364 g/mol. The number of unbranched alkanes of at least 4 members (excludes halogenated alkanes) is 1. The molecule has 2 fully saturated rings. The smallest absolute Gasteiger partial charge is 0.251 e. The highest BCUT2D eigenvalue weighted by Gasteiger charge is 2.27. The number of benzene rings is 1. The van der Waals surface area contributed by atoms with E-state index >= 15 is 0 Å². The fraction of sp³-hybridized carbons (Fsp3) is 0.632. The van der Waals surface area contributed by atoms with E-state index in [1.54, 1.807) is 12.1 Å². The van der Waals surface area contributed by atoms with Gasteiger partial charge in [0.25, 0.3) is 5.91 Å². The van der Waals surface area contributed by atoms with Crippen LogP contribution in [0.15, 0.2) is 29.2 Å². The molecule has 1 aliphatic carbocycles. The van der Waals surface area contributed by atoms with Crippen LogP contribution in [0.1, 0.15) is 36.0 Å². The van der Waals surface area contributed by atoms with Gasteiger partial charge in [-0.3, -0.25) is 4.79 Å². The van der Waals surface area contributed by atoms with Crippen LogP contribution in [0.5, 0.6) is 0 Å². The maximum absolute atomic E-state index is 12.2. The Balaban J connectivity index is 1.36. The van der Waals surface area contributed by atoms with Crippen molar-refractivity contribution in [2.75, 3.05) is 46.3 Å². The van der Waals surface area contributed by atoms with Gasteiger partial charge in [0.1, 0.15) is 0 Å². The number of rotatable bonds is 9. The van der Waals surface area contributed by atoms with Crippen LogP contribution in [0.4, 0.5) is 0 Å². The molecule has 1 saturated carbocycles. The summed E-state index contributed by atoms with van der Waals surface area (Å²) in [5, 5.41) is 2.91. The van der Waals surface area contributed by atoms with E-state index in [1.807, 2.05) is 0 Å². The molecule has 1 saturated heterocycles. The second kappa shape index (κ2) is 9.14. The Hall–Kier alpha value is -1.48. The predicted octanol–water partition coefficient (Wildman–Crippen LogP) is 0.885. The maximum Gasteiger partial charge on any atom is 0.251 e. The van der Waals surface area contributed by atoms with E-state index in [2.05, 4.69) is 26.9 Å². The Morgan fingerprint density at radius 3 is 2.37 bits per heavy atom. The van der Waals surface area contributed by atoms with Gasteiger partial charge in [-0.05, 0) is 63.5 Å². The zero-order valence-electron chi connectivity index (χ0n) is 16.0. The average Bonchev–Trinajstić information content (AvgIpc) is 3.46. The summed E-state index contributed by atoms with van der Waals surface area (Å²) in [5.41, 5.74) is 0.486. The fourth-order valence-corrected chi connectivity index (χ4v) is 4.41. The van der Waals surface area contributed by atoms with E-state index in [4.69, 9.17) is 0 Å². The van der Waals surface area contributed by atoms with Gasteiger partial charge in [-0.15, -0.1) is 0 Å². The summed E-state index contributed by atoms with van der Waals surface area (Å²) >= 11 is 0. The van der Waals surface area contributed by atoms with Crippen LogP contribution in [-0.4, -0.2) is 76.5 Å². The zero-order valence-corrected chi connectivity index (χ0v) is 16.8. The van der Waals surface area contributed by atoms with Crippen molar-refractivity contribution in [3.05, 3.63) is 29.8 Å². The van der Waals surface area contributed by atoms with Gasteiger partial charge in [-0.1, -0.05) is 0 Å². The van der Waals surface area contributed by atoms with Gasteiger partial charge in [-0.2, -0.15) is 0 Å². The summed E-state index contributed by atoms with van der Waals surface area (Å²) in [4.78, 5) is 17.2. The molecular formula is C19H30N4O3S. The van der Waals surface area contributed by atoms with Crippen molar-refractivity contribution in [3.8, 4) is 0 Å². The van der Waals surface area contributed by atoms with Gasteiger partial charge in [0.15, 0.2) is 0 Å². The van der Waals surface area contributed by atoms with Gasteiger partial charge in [0, 0.05) is 44.3 Å². The third-order valence-electron chi connectivity index (χ3n) is 5.11. The number of hydrogen-bond acceptors (Lipinski definition) is 5. The molecule has 8 heteroatoms. The average molecular weight is 395 g/mol. The molecule has 150 valence electrons. The van der Waals surface area contributed by atoms with E-state index in [-0.39, 0.29) is 16.8 Å². The molecule has 0 unspecified atom stereocenters. The molecule has 1 aromatic carbocycles. The molecule has 0 spiro atoms. The minimum absolute atomic E-state index is 0.0730. The normalized spacial score (nSPS) is 19.1. The largest absolute Gasteiger partial charge is 0.352 e. The quantitative estimate of drug-likeness (QED) is 0.608. The highest BCUT2D eigenvalue weighted by Crippen LogP contribution is 2.22. The molecule has 3 rings (SSSR count). The molecule has 1 aromatic rings. The summed E-state index contributed by atoms with van der Waals surface area (Å²) < 4.78 is 26.9. The van der Waals surface area contributed by atoms with Crippen LogP contribution in [0.2, 0.25) is 0 Å². The molecule has 1 aliphatic heterocycles. The molecule has 1 heterocycles. The molecule has 27 heavy (non-hydrogen) atoms. The van der Waals surface area contributed by atoms with E-state index in [0.29, 0.717) is 12.1 Å². The first-order valence-corrected chi connectivity index (χ1v) is 11.2. The fourth-order valence-electron chi connectivity index (χ4n) is 3.11. The van der Waals surface area contributed by atoms with Crippen molar-refractivity contribution in [1.29, 1.82) is 0 Å². The third-order valence-corrected chi connectivity index (χ3v) is 6.64. The minimum atomic E-state index is -3.47. The molecule has 0 radical (unpaired) electrons. The predicted molar refractivity (Wildman–Crippen MR) is 105 cm³/mol. The lowest BCUT2D eigenvalue weighted by atomic mass is 10.2. The first-order chi connectivity index (χ1) is 12.9. The van der Waals surface area contributed by atoms with Crippen molar-refractivity contribution < 1.29 is 13.2 Å². The lowest BCUT2D eigenvalue weighted by molar-refractivity contribution is 0.0951. The van der Waals surface area contributed by atoms with Crippen LogP contribution in [0.25, 0.3) is 0 Å². The van der Waals surface area contributed by atoms with Crippen molar-refractivity contribution in [3.63, 3.8) is 0 Å². The standard InChI is InChI=1S/C19H30N4O3S/c1-22-12-14-23(15-13-22)11-3-2-10-20-19(24)16-4-8-18(9-5-16)27(25,26)21-17-6-7-17/h4-5,8-9,17,21H,2-3,6-7,10-15H2,1H3,(H,20,24). The lowest BCUT2D eigenvalue weighted by Crippen LogP contribution is -2.44. The topological polar surface area (TPSA) is 81.8 Å². The molecule has 0 bridgehead atoms. The first-order valence-electron chi connectivity index (χ1n) is 9.75. The van der Waals surface area contributed by atoms with Crippen LogP contribution >= 0.6 is 0 Å². The van der Waals surface area contributed by atoms with Gasteiger partial charge in [-0.25, -0.2) is 13.1 Å².